The Balaban J connectivity index is 1.19. The Kier molecular flexibility index (Phi) is 12.1. The van der Waals surface area contributed by atoms with E-state index in [4.69, 9.17) is 33.2 Å². The summed E-state index contributed by atoms with van der Waals surface area (Å²) in [6.07, 6.45) is -0.957. The van der Waals surface area contributed by atoms with Gasteiger partial charge in [-0.15, -0.1) is 0 Å². The fraction of sp³-hybridized carbons (Fsp3) is 0.286. The first-order valence-electron chi connectivity index (χ1n) is 18.0. The van der Waals surface area contributed by atoms with E-state index in [1.54, 1.807) is 38.0 Å². The zero-order valence-corrected chi connectivity index (χ0v) is 31.2. The number of para-hydroxylation sites is 1. The van der Waals surface area contributed by atoms with Gasteiger partial charge in [-0.3, -0.25) is 9.36 Å². The van der Waals surface area contributed by atoms with Crippen molar-refractivity contribution in [1.82, 2.24) is 19.5 Å². The number of nitrogens with zero attached hydrogens (tertiary/aromatic N) is 4. The number of ether oxygens (including phenoxy) is 7. The Labute approximate surface area is 323 Å². The van der Waals surface area contributed by atoms with Crippen LogP contribution in [0.3, 0.4) is 0 Å². The molecule has 0 saturated carbocycles. The van der Waals surface area contributed by atoms with Gasteiger partial charge in [-0.2, -0.15) is 0 Å². The number of methoxy groups -OCH3 is 3. The predicted molar refractivity (Wildman–Crippen MR) is 206 cm³/mol. The summed E-state index contributed by atoms with van der Waals surface area (Å²) in [5, 5.41) is 14.7. The standard InChI is InChI=1S/C42H43N5O9/c1-50-22-23-53-38-37(49)34(56-41(38)47-27-45-36-39(43-26-44-40(36)47)46-35(48)25-54-33-12-8-5-9-13-33)24-55-42(28-10-6-4-7-11-28,29-14-18-31(51-2)19-15-29)30-16-20-32(52-3)21-17-30/h4-21,26-27,34,37-38,41,49H,22-25H2,1-3H3,(H,43,44,46,48)/t34-,37-,38-,41-/m1/s1. The molecule has 0 aliphatic carbocycles. The predicted octanol–water partition coefficient (Wildman–Crippen LogP) is 5.16. The Bertz CT molecular complexity index is 2120. The van der Waals surface area contributed by atoms with Crippen molar-refractivity contribution in [3.63, 3.8) is 0 Å². The summed E-state index contributed by atoms with van der Waals surface area (Å²) in [6, 6.07) is 34.3. The van der Waals surface area contributed by atoms with E-state index in [0.29, 0.717) is 28.4 Å². The first kappa shape index (κ1) is 38.4. The number of anilines is 1. The molecule has 4 aromatic carbocycles. The van der Waals surface area contributed by atoms with Gasteiger partial charge >= 0.3 is 0 Å². The topological polar surface area (TPSA) is 158 Å². The van der Waals surface area contributed by atoms with Gasteiger partial charge in [0, 0.05) is 7.11 Å². The molecule has 6 aromatic rings. The molecule has 14 heteroatoms. The van der Waals surface area contributed by atoms with Gasteiger partial charge in [-0.1, -0.05) is 72.8 Å². The van der Waals surface area contributed by atoms with Crippen molar-refractivity contribution in [3.05, 3.63) is 139 Å². The molecule has 0 unspecified atom stereocenters. The summed E-state index contributed by atoms with van der Waals surface area (Å²) < 4.78 is 43.4. The van der Waals surface area contributed by atoms with Crippen molar-refractivity contribution >= 4 is 22.9 Å². The highest BCUT2D eigenvalue weighted by Gasteiger charge is 2.48. The van der Waals surface area contributed by atoms with Crippen LogP contribution in [0, 0.1) is 0 Å². The number of carbonyl (C=O) groups is 1. The number of imidazole rings is 1. The minimum atomic E-state index is -1.15. The molecule has 0 bridgehead atoms. The fourth-order valence-electron chi connectivity index (χ4n) is 6.77. The summed E-state index contributed by atoms with van der Waals surface area (Å²) >= 11 is 0. The fourth-order valence-corrected chi connectivity index (χ4v) is 6.77. The third-order valence-corrected chi connectivity index (χ3v) is 9.55. The van der Waals surface area contributed by atoms with E-state index in [1.807, 2.05) is 97.1 Å². The molecule has 56 heavy (non-hydrogen) atoms. The number of hydrogen-bond donors (Lipinski definition) is 2. The Morgan fingerprint density at radius 3 is 2.04 bits per heavy atom. The molecule has 0 radical (unpaired) electrons. The summed E-state index contributed by atoms with van der Waals surface area (Å²) in [4.78, 5) is 26.1. The zero-order valence-electron chi connectivity index (χ0n) is 31.2. The van der Waals surface area contributed by atoms with E-state index >= 15 is 0 Å². The average molecular weight is 762 g/mol. The molecular weight excluding hydrogens is 718 g/mol. The van der Waals surface area contributed by atoms with E-state index in [-0.39, 0.29) is 32.2 Å². The second kappa shape index (κ2) is 17.7. The Morgan fingerprint density at radius 1 is 0.786 bits per heavy atom. The molecule has 1 amide bonds. The molecule has 1 fully saturated rings. The number of nitrogens with one attached hydrogen (secondary N) is 1. The molecule has 290 valence electrons. The minimum absolute atomic E-state index is 0.0565. The lowest BCUT2D eigenvalue weighted by molar-refractivity contribution is -0.118. The van der Waals surface area contributed by atoms with Crippen LogP contribution in [-0.2, 0) is 29.3 Å². The van der Waals surface area contributed by atoms with Crippen LogP contribution in [0.25, 0.3) is 11.2 Å². The maximum atomic E-state index is 12.9. The van der Waals surface area contributed by atoms with E-state index < -0.39 is 36.0 Å². The smallest absolute Gasteiger partial charge is 0.263 e. The minimum Gasteiger partial charge on any atom is -0.497 e. The molecule has 14 nitrogen and oxygen atoms in total. The van der Waals surface area contributed by atoms with Crippen LogP contribution >= 0.6 is 0 Å². The van der Waals surface area contributed by atoms with Crippen LogP contribution in [0.4, 0.5) is 5.82 Å². The normalized spacial score (nSPS) is 18.1. The first-order valence-corrected chi connectivity index (χ1v) is 18.0. The summed E-state index contributed by atoms with van der Waals surface area (Å²) in [5.41, 5.74) is 2.03. The quantitative estimate of drug-likeness (QED) is 0.0931. The Morgan fingerprint density at radius 2 is 1.41 bits per heavy atom. The maximum absolute atomic E-state index is 12.9. The number of amides is 1. The highest BCUT2D eigenvalue weighted by Crippen LogP contribution is 2.43. The first-order chi connectivity index (χ1) is 27.4. The summed E-state index contributed by atoms with van der Waals surface area (Å²) in [7, 11) is 4.81. The van der Waals surface area contributed by atoms with E-state index in [0.717, 1.165) is 16.7 Å². The van der Waals surface area contributed by atoms with Crippen molar-refractivity contribution < 1.29 is 43.1 Å². The second-order valence-corrected chi connectivity index (χ2v) is 12.9. The molecule has 1 saturated heterocycles. The van der Waals surface area contributed by atoms with Gasteiger partial charge < -0.3 is 43.6 Å². The highest BCUT2D eigenvalue weighted by molar-refractivity contribution is 5.97. The van der Waals surface area contributed by atoms with Crippen LogP contribution in [-0.4, -0.2) is 96.6 Å². The third kappa shape index (κ3) is 8.05. The largest absolute Gasteiger partial charge is 0.497 e. The lowest BCUT2D eigenvalue weighted by Gasteiger charge is -2.37. The van der Waals surface area contributed by atoms with Gasteiger partial charge in [0.15, 0.2) is 29.8 Å². The second-order valence-electron chi connectivity index (χ2n) is 12.9. The highest BCUT2D eigenvalue weighted by atomic mass is 16.6. The van der Waals surface area contributed by atoms with Crippen LogP contribution < -0.4 is 19.5 Å². The molecule has 3 heterocycles. The van der Waals surface area contributed by atoms with Crippen molar-refractivity contribution in [2.24, 2.45) is 0 Å². The lowest BCUT2D eigenvalue weighted by Crippen LogP contribution is -2.40. The molecule has 1 aliphatic heterocycles. The van der Waals surface area contributed by atoms with E-state index in [1.165, 1.54) is 12.7 Å². The SMILES string of the molecule is COCCO[C@@H]1[C@H](O)[C@@H](COC(c2ccccc2)(c2ccc(OC)cc2)c2ccc(OC)cc2)O[C@H]1n1cnc2c(NC(=O)COc3ccccc3)ncnc21. The van der Waals surface area contributed by atoms with Crippen LogP contribution in [0.2, 0.25) is 0 Å². The van der Waals surface area contributed by atoms with Crippen molar-refractivity contribution in [2.45, 2.75) is 30.1 Å². The third-order valence-electron chi connectivity index (χ3n) is 9.55. The number of benzene rings is 4. The molecular formula is C42H43N5O9. The molecule has 7 rings (SSSR count). The van der Waals surface area contributed by atoms with E-state index in [9.17, 15) is 9.90 Å². The van der Waals surface area contributed by atoms with Crippen LogP contribution in [0.5, 0.6) is 17.2 Å². The van der Waals surface area contributed by atoms with E-state index in [2.05, 4.69) is 20.3 Å². The number of aliphatic hydroxyl groups is 1. The molecule has 4 atom stereocenters. The summed E-state index contributed by atoms with van der Waals surface area (Å²) in [6.45, 7) is 0.181. The lowest BCUT2D eigenvalue weighted by atomic mass is 9.80. The van der Waals surface area contributed by atoms with Gasteiger partial charge in [-0.05, 0) is 53.1 Å². The molecule has 2 aromatic heterocycles. The number of carbonyl (C=O) groups excluding carboxylic acids is 1. The number of aromatic nitrogens is 4. The van der Waals surface area contributed by atoms with Crippen LogP contribution in [0.1, 0.15) is 22.9 Å². The maximum Gasteiger partial charge on any atom is 0.263 e. The van der Waals surface area contributed by atoms with Gasteiger partial charge in [0.1, 0.15) is 47.5 Å². The van der Waals surface area contributed by atoms with Gasteiger partial charge in [0.05, 0.1) is 40.4 Å². The summed E-state index contributed by atoms with van der Waals surface area (Å²) in [5.74, 6) is 1.71. The molecule has 0 spiro atoms. The van der Waals surface area contributed by atoms with Gasteiger partial charge in [0.2, 0.25) is 0 Å². The van der Waals surface area contributed by atoms with Gasteiger partial charge in [-0.25, -0.2) is 15.0 Å². The average Bonchev–Trinajstić information content (AvgIpc) is 3.82. The number of rotatable bonds is 17. The van der Waals surface area contributed by atoms with Crippen molar-refractivity contribution in [1.29, 1.82) is 0 Å². The zero-order chi connectivity index (χ0) is 38.9. The molecule has 2 N–H and O–H groups in total. The number of hydrogen-bond acceptors (Lipinski definition) is 12. The Hall–Kier alpha value is -5.90. The van der Waals surface area contributed by atoms with Crippen molar-refractivity contribution in [2.75, 3.05) is 53.1 Å². The number of aliphatic hydroxyl groups excluding tert-OH is 1. The van der Waals surface area contributed by atoms with Crippen LogP contribution in [0.15, 0.2) is 122 Å². The van der Waals surface area contributed by atoms with Gasteiger partial charge in [0.25, 0.3) is 5.91 Å². The molecule has 1 aliphatic rings. The number of fused-ring (bicyclic) bond motifs is 1. The monoisotopic (exact) mass is 761 g/mol. The van der Waals surface area contributed by atoms with Crippen molar-refractivity contribution in [3.8, 4) is 17.2 Å².